The van der Waals surface area contributed by atoms with Crippen LogP contribution >= 0.6 is 11.8 Å². The van der Waals surface area contributed by atoms with E-state index in [4.69, 9.17) is 9.97 Å². The van der Waals surface area contributed by atoms with Gasteiger partial charge in [0.2, 0.25) is 5.91 Å². The molecule has 2 N–H and O–H groups in total. The molecule has 4 heterocycles. The summed E-state index contributed by atoms with van der Waals surface area (Å²) in [6.07, 6.45) is 12.6. The molecule has 0 radical (unpaired) electrons. The summed E-state index contributed by atoms with van der Waals surface area (Å²) in [6.45, 7) is 1.83. The van der Waals surface area contributed by atoms with Gasteiger partial charge in [-0.15, -0.1) is 11.8 Å². The second kappa shape index (κ2) is 10.2. The molecule has 0 bridgehead atoms. The van der Waals surface area contributed by atoms with E-state index in [-0.39, 0.29) is 17.2 Å². The van der Waals surface area contributed by atoms with E-state index in [9.17, 15) is 4.79 Å². The van der Waals surface area contributed by atoms with Crippen LogP contribution in [0.1, 0.15) is 32.1 Å². The Morgan fingerprint density at radius 3 is 2.89 bits per heavy atom. The summed E-state index contributed by atoms with van der Waals surface area (Å²) in [7, 11) is 1.74. The third kappa shape index (κ3) is 5.24. The van der Waals surface area contributed by atoms with Gasteiger partial charge in [-0.1, -0.05) is 6.42 Å². The van der Waals surface area contributed by atoms with Gasteiger partial charge in [-0.25, -0.2) is 15.0 Å². The number of anilines is 3. The van der Waals surface area contributed by atoms with Gasteiger partial charge in [-0.2, -0.15) is 0 Å². The first-order valence-electron chi connectivity index (χ1n) is 12.1. The Balaban J connectivity index is 1.44. The molecule has 3 aromatic heterocycles. The quantitative estimate of drug-likeness (QED) is 0.488. The Kier molecular flexibility index (Phi) is 6.86. The van der Waals surface area contributed by atoms with Crippen LogP contribution in [0.15, 0.2) is 53.8 Å². The van der Waals surface area contributed by atoms with Crippen molar-refractivity contribution < 1.29 is 4.79 Å². The first kappa shape index (κ1) is 23.5. The van der Waals surface area contributed by atoms with Gasteiger partial charge >= 0.3 is 0 Å². The minimum atomic E-state index is 0.108. The van der Waals surface area contributed by atoms with Gasteiger partial charge in [0.1, 0.15) is 17.5 Å². The fraction of sp³-hybridized carbons (Fsp3) is 0.423. The van der Waals surface area contributed by atoms with Crippen LogP contribution in [0.25, 0.3) is 11.4 Å². The van der Waals surface area contributed by atoms with E-state index in [1.807, 2.05) is 36.6 Å². The topological polar surface area (TPSA) is 95.9 Å². The van der Waals surface area contributed by atoms with Crippen LogP contribution in [-0.4, -0.2) is 52.2 Å². The monoisotopic (exact) mass is 489 g/mol. The maximum absolute atomic E-state index is 12.4. The lowest BCUT2D eigenvalue weighted by atomic mass is 9.69. The zero-order valence-electron chi connectivity index (χ0n) is 20.2. The molecule has 1 aliphatic heterocycles. The summed E-state index contributed by atoms with van der Waals surface area (Å²) in [5, 5.41) is 6.23. The van der Waals surface area contributed by atoms with Gasteiger partial charge in [0.25, 0.3) is 0 Å². The van der Waals surface area contributed by atoms with E-state index in [2.05, 4.69) is 25.5 Å². The highest BCUT2D eigenvalue weighted by Gasteiger charge is 2.43. The molecule has 1 saturated carbocycles. The summed E-state index contributed by atoms with van der Waals surface area (Å²) in [4.78, 5) is 34.3. The van der Waals surface area contributed by atoms with Crippen LogP contribution in [-0.2, 0) is 4.79 Å². The van der Waals surface area contributed by atoms with Crippen molar-refractivity contribution >= 4 is 35.1 Å². The molecule has 1 saturated heterocycles. The van der Waals surface area contributed by atoms with Gasteiger partial charge in [0.15, 0.2) is 5.82 Å². The van der Waals surface area contributed by atoms with Crippen LogP contribution in [0, 0.1) is 11.3 Å². The number of hydrogen-bond donors (Lipinski definition) is 2. The number of thioether (sulfide) groups is 1. The van der Waals surface area contributed by atoms with Crippen molar-refractivity contribution in [2.75, 3.05) is 36.6 Å². The smallest absolute Gasteiger partial charge is 0.222 e. The predicted octanol–water partition coefficient (Wildman–Crippen LogP) is 4.53. The average molecular weight is 490 g/mol. The van der Waals surface area contributed by atoms with Crippen molar-refractivity contribution in [3.63, 3.8) is 0 Å². The van der Waals surface area contributed by atoms with Crippen molar-refractivity contribution in [1.82, 2.24) is 25.3 Å². The number of nitrogens with zero attached hydrogens (tertiary/aromatic N) is 5. The second-order valence-corrected chi connectivity index (χ2v) is 10.3. The van der Waals surface area contributed by atoms with Gasteiger partial charge in [0, 0.05) is 61.2 Å². The Hall–Kier alpha value is -3.20. The van der Waals surface area contributed by atoms with Gasteiger partial charge in [0.05, 0.1) is 0 Å². The largest absolute Gasteiger partial charge is 0.359 e. The summed E-state index contributed by atoms with van der Waals surface area (Å²) in [5.74, 6) is 3.25. The summed E-state index contributed by atoms with van der Waals surface area (Å²) >= 11 is 1.68. The standard InChI is InChI=1S/C26H31N7OS/c1-27-25(34)18-5-3-8-26(15-18)9-12-33(17-26)23-14-22(30-21-13-20(35-2)7-11-29-21)31-24(32-23)19-6-4-10-28-16-19/h4,6-7,10-11,13-14,16,18H,3,5,8-9,12,15,17H2,1-2H3,(H,27,34)(H,29,30,31,32). The predicted molar refractivity (Wildman–Crippen MR) is 140 cm³/mol. The molecule has 9 heteroatoms. The molecule has 8 nitrogen and oxygen atoms in total. The highest BCUT2D eigenvalue weighted by molar-refractivity contribution is 7.98. The average Bonchev–Trinajstić information content (AvgIpc) is 3.31. The van der Waals surface area contributed by atoms with Crippen LogP contribution in [0.4, 0.5) is 17.5 Å². The minimum absolute atomic E-state index is 0.108. The molecular formula is C26H31N7OS. The lowest BCUT2D eigenvalue weighted by Crippen LogP contribution is -2.38. The Labute approximate surface area is 210 Å². The molecule has 1 spiro atoms. The highest BCUT2D eigenvalue weighted by atomic mass is 32.2. The normalized spacial score (nSPS) is 21.8. The van der Waals surface area contributed by atoms with Crippen molar-refractivity contribution in [3.05, 3.63) is 48.9 Å². The molecule has 1 amide bonds. The fourth-order valence-electron chi connectivity index (χ4n) is 5.40. The fourth-order valence-corrected chi connectivity index (χ4v) is 5.83. The number of rotatable bonds is 6. The number of amides is 1. The minimum Gasteiger partial charge on any atom is -0.359 e. The van der Waals surface area contributed by atoms with E-state index in [1.54, 1.807) is 37.4 Å². The summed E-state index contributed by atoms with van der Waals surface area (Å²) in [5.41, 5.74) is 1.03. The van der Waals surface area contributed by atoms with Crippen molar-refractivity contribution in [1.29, 1.82) is 0 Å². The van der Waals surface area contributed by atoms with Crippen LogP contribution in [0.5, 0.6) is 0 Å². The zero-order valence-corrected chi connectivity index (χ0v) is 21.0. The lowest BCUT2D eigenvalue weighted by molar-refractivity contribution is -0.126. The second-order valence-electron chi connectivity index (χ2n) is 9.46. The third-order valence-electron chi connectivity index (χ3n) is 7.17. The Morgan fingerprint density at radius 2 is 2.09 bits per heavy atom. The van der Waals surface area contributed by atoms with Gasteiger partial charge < -0.3 is 15.5 Å². The zero-order chi connectivity index (χ0) is 24.3. The first-order chi connectivity index (χ1) is 17.1. The van der Waals surface area contributed by atoms with E-state index in [0.717, 1.165) is 67.3 Å². The molecule has 2 fully saturated rings. The van der Waals surface area contributed by atoms with Crippen LogP contribution in [0.2, 0.25) is 0 Å². The molecule has 2 unspecified atom stereocenters. The molecule has 3 aromatic rings. The van der Waals surface area contributed by atoms with Crippen molar-refractivity contribution in [3.8, 4) is 11.4 Å². The van der Waals surface area contributed by atoms with Crippen molar-refractivity contribution in [2.24, 2.45) is 11.3 Å². The number of pyridine rings is 2. The Bertz CT molecular complexity index is 1190. The van der Waals surface area contributed by atoms with E-state index >= 15 is 0 Å². The van der Waals surface area contributed by atoms with Crippen molar-refractivity contribution in [2.45, 2.75) is 37.0 Å². The number of carbonyl (C=O) groups excluding carboxylic acids is 1. The first-order valence-corrected chi connectivity index (χ1v) is 13.3. The Morgan fingerprint density at radius 1 is 1.17 bits per heavy atom. The molecule has 2 aliphatic rings. The van der Waals surface area contributed by atoms with Crippen LogP contribution in [0.3, 0.4) is 0 Å². The van der Waals surface area contributed by atoms with Gasteiger partial charge in [-0.05, 0) is 61.6 Å². The van der Waals surface area contributed by atoms with E-state index in [1.165, 1.54) is 0 Å². The highest BCUT2D eigenvalue weighted by Crippen LogP contribution is 2.47. The molecular weight excluding hydrogens is 458 g/mol. The maximum Gasteiger partial charge on any atom is 0.222 e. The van der Waals surface area contributed by atoms with Gasteiger partial charge in [-0.3, -0.25) is 9.78 Å². The molecule has 2 atom stereocenters. The third-order valence-corrected chi connectivity index (χ3v) is 7.90. The molecule has 5 rings (SSSR count). The number of nitrogens with one attached hydrogen (secondary N) is 2. The number of carbonyl (C=O) groups is 1. The number of aromatic nitrogens is 4. The lowest BCUT2D eigenvalue weighted by Gasteiger charge is -2.37. The maximum atomic E-state index is 12.4. The molecule has 1 aliphatic carbocycles. The van der Waals surface area contributed by atoms with Crippen LogP contribution < -0.4 is 15.5 Å². The molecule has 182 valence electrons. The molecule has 0 aromatic carbocycles. The number of hydrogen-bond acceptors (Lipinski definition) is 8. The SMILES string of the molecule is CNC(=O)C1CCCC2(CCN(c3cc(Nc4cc(SC)ccn4)nc(-c4cccnc4)n3)C2)C1. The summed E-state index contributed by atoms with van der Waals surface area (Å²) in [6, 6.07) is 9.88. The summed E-state index contributed by atoms with van der Waals surface area (Å²) < 4.78 is 0. The molecule has 35 heavy (non-hydrogen) atoms. The van der Waals surface area contributed by atoms with E-state index < -0.39 is 0 Å². The van der Waals surface area contributed by atoms with E-state index in [0.29, 0.717) is 11.6 Å².